The largest absolute Gasteiger partial charge is 0.493 e. The van der Waals surface area contributed by atoms with Gasteiger partial charge in [0.05, 0.1) is 19.2 Å². The van der Waals surface area contributed by atoms with Crippen molar-refractivity contribution in [1.29, 1.82) is 0 Å². The summed E-state index contributed by atoms with van der Waals surface area (Å²) in [5.74, 6) is 0.853. The Morgan fingerprint density at radius 1 is 1.13 bits per heavy atom. The lowest BCUT2D eigenvalue weighted by Gasteiger charge is -2.30. The minimum Gasteiger partial charge on any atom is -0.493 e. The Balaban J connectivity index is 1.51. The van der Waals surface area contributed by atoms with Crippen LogP contribution in [0.15, 0.2) is 48.5 Å². The van der Waals surface area contributed by atoms with Crippen LogP contribution in [0.5, 0.6) is 11.5 Å². The molecular formula is C24H27ClN2O4. The topological polar surface area (TPSA) is 67.9 Å². The van der Waals surface area contributed by atoms with Crippen molar-refractivity contribution >= 4 is 29.5 Å². The Labute approximate surface area is 187 Å². The van der Waals surface area contributed by atoms with E-state index in [2.05, 4.69) is 5.32 Å². The molecular weight excluding hydrogens is 416 g/mol. The van der Waals surface area contributed by atoms with Gasteiger partial charge in [0.1, 0.15) is 0 Å². The van der Waals surface area contributed by atoms with Crippen LogP contribution in [-0.4, -0.2) is 44.0 Å². The van der Waals surface area contributed by atoms with E-state index in [9.17, 15) is 9.59 Å². The molecule has 164 valence electrons. The first-order valence-corrected chi connectivity index (χ1v) is 10.6. The van der Waals surface area contributed by atoms with Crippen LogP contribution in [0.25, 0.3) is 6.08 Å². The molecule has 0 radical (unpaired) electrons. The predicted octanol–water partition coefficient (Wildman–Crippen LogP) is 3.93. The zero-order chi connectivity index (χ0) is 22.2. The molecule has 0 spiro atoms. The average Bonchev–Trinajstić information content (AvgIpc) is 2.81. The lowest BCUT2D eigenvalue weighted by molar-refractivity contribution is -0.132. The molecule has 0 unspecified atom stereocenters. The van der Waals surface area contributed by atoms with Crippen LogP contribution in [-0.2, 0) is 16.1 Å². The lowest BCUT2D eigenvalue weighted by atomic mass is 9.95. The molecule has 7 heteroatoms. The highest BCUT2D eigenvalue weighted by molar-refractivity contribution is 6.32. The third-order valence-electron chi connectivity index (χ3n) is 5.36. The maximum absolute atomic E-state index is 12.6. The van der Waals surface area contributed by atoms with Crippen molar-refractivity contribution in [2.45, 2.75) is 19.4 Å². The van der Waals surface area contributed by atoms with Crippen LogP contribution in [0.2, 0.25) is 5.02 Å². The van der Waals surface area contributed by atoms with Gasteiger partial charge in [-0.1, -0.05) is 41.9 Å². The van der Waals surface area contributed by atoms with Crippen molar-refractivity contribution in [3.8, 4) is 11.5 Å². The summed E-state index contributed by atoms with van der Waals surface area (Å²) in [7, 11) is 3.06. The highest BCUT2D eigenvalue weighted by Crippen LogP contribution is 2.36. The van der Waals surface area contributed by atoms with E-state index in [1.165, 1.54) is 20.3 Å². The second kappa shape index (κ2) is 10.9. The smallest absolute Gasteiger partial charge is 0.246 e. The van der Waals surface area contributed by atoms with Crippen LogP contribution >= 0.6 is 11.6 Å². The summed E-state index contributed by atoms with van der Waals surface area (Å²) in [4.78, 5) is 26.8. The number of benzene rings is 2. The van der Waals surface area contributed by atoms with E-state index in [0.717, 1.165) is 11.1 Å². The molecule has 2 aromatic carbocycles. The molecule has 0 aromatic heterocycles. The highest BCUT2D eigenvalue weighted by Gasteiger charge is 2.26. The third-order valence-corrected chi connectivity index (χ3v) is 5.64. The molecule has 1 aliphatic rings. The molecule has 31 heavy (non-hydrogen) atoms. The van der Waals surface area contributed by atoms with E-state index in [4.69, 9.17) is 21.1 Å². The molecule has 1 aliphatic heterocycles. The normalized spacial score (nSPS) is 14.5. The van der Waals surface area contributed by atoms with E-state index in [1.807, 2.05) is 30.3 Å². The standard InChI is InChI=1S/C24H27ClN2O4/c1-30-21-15-18(14-20(25)23(21)31-2)8-9-22(28)27-12-10-19(11-13-27)24(29)26-16-17-6-4-3-5-7-17/h3-9,14-15,19H,10-13,16H2,1-2H3,(H,26,29). The minimum absolute atomic E-state index is 0.0477. The number of likely N-dealkylation sites (tertiary alicyclic amines) is 1. The van der Waals surface area contributed by atoms with Gasteiger partial charge in [-0.2, -0.15) is 0 Å². The fraction of sp³-hybridized carbons (Fsp3) is 0.333. The summed E-state index contributed by atoms with van der Waals surface area (Å²) in [6, 6.07) is 13.3. The quantitative estimate of drug-likeness (QED) is 0.660. The number of amides is 2. The zero-order valence-corrected chi connectivity index (χ0v) is 18.5. The SMILES string of the molecule is COc1cc(C=CC(=O)N2CCC(C(=O)NCc3ccccc3)CC2)cc(Cl)c1OC. The number of methoxy groups -OCH3 is 2. The van der Waals surface area contributed by atoms with Gasteiger partial charge < -0.3 is 19.7 Å². The number of carbonyl (C=O) groups is 2. The number of ether oxygens (including phenoxy) is 2. The Hall–Kier alpha value is -2.99. The number of carbonyl (C=O) groups excluding carboxylic acids is 2. The minimum atomic E-state index is -0.0888. The van der Waals surface area contributed by atoms with Crippen molar-refractivity contribution in [2.75, 3.05) is 27.3 Å². The summed E-state index contributed by atoms with van der Waals surface area (Å²) in [6.45, 7) is 1.63. The number of nitrogens with zero attached hydrogens (tertiary/aromatic N) is 1. The van der Waals surface area contributed by atoms with Crippen LogP contribution in [0.1, 0.15) is 24.0 Å². The molecule has 2 aromatic rings. The van der Waals surface area contributed by atoms with Gasteiger partial charge in [0.25, 0.3) is 0 Å². The molecule has 0 atom stereocenters. The molecule has 0 saturated carbocycles. The summed E-state index contributed by atoms with van der Waals surface area (Å²) in [5, 5.41) is 3.41. The van der Waals surface area contributed by atoms with E-state index in [1.54, 1.807) is 23.1 Å². The molecule has 0 bridgehead atoms. The molecule has 1 saturated heterocycles. The van der Waals surface area contributed by atoms with Crippen LogP contribution in [0, 0.1) is 5.92 Å². The summed E-state index contributed by atoms with van der Waals surface area (Å²) in [5.41, 5.74) is 1.81. The van der Waals surface area contributed by atoms with Gasteiger partial charge in [-0.3, -0.25) is 9.59 Å². The number of nitrogens with one attached hydrogen (secondary N) is 1. The third kappa shape index (κ3) is 6.01. The van der Waals surface area contributed by atoms with Crippen molar-refractivity contribution in [2.24, 2.45) is 5.92 Å². The van der Waals surface area contributed by atoms with Crippen LogP contribution in [0.4, 0.5) is 0 Å². The molecule has 2 amide bonds. The second-order valence-electron chi connectivity index (χ2n) is 7.37. The Morgan fingerprint density at radius 2 is 1.84 bits per heavy atom. The van der Waals surface area contributed by atoms with E-state index < -0.39 is 0 Å². The number of hydrogen-bond donors (Lipinski definition) is 1. The van der Waals surface area contributed by atoms with Crippen LogP contribution in [0.3, 0.4) is 0 Å². The van der Waals surface area contributed by atoms with Gasteiger partial charge in [-0.15, -0.1) is 0 Å². The molecule has 1 N–H and O–H groups in total. The van der Waals surface area contributed by atoms with Crippen molar-refractivity contribution < 1.29 is 19.1 Å². The highest BCUT2D eigenvalue weighted by atomic mass is 35.5. The average molecular weight is 443 g/mol. The van der Waals surface area contributed by atoms with Crippen molar-refractivity contribution in [1.82, 2.24) is 10.2 Å². The molecule has 1 heterocycles. The summed E-state index contributed by atoms with van der Waals surface area (Å²) < 4.78 is 10.5. The molecule has 6 nitrogen and oxygen atoms in total. The van der Waals surface area contributed by atoms with Gasteiger partial charge in [0.15, 0.2) is 11.5 Å². The monoisotopic (exact) mass is 442 g/mol. The van der Waals surface area contributed by atoms with E-state index in [-0.39, 0.29) is 17.7 Å². The number of halogens is 1. The van der Waals surface area contributed by atoms with Crippen LogP contribution < -0.4 is 14.8 Å². The van der Waals surface area contributed by atoms with Gasteiger partial charge in [-0.05, 0) is 42.2 Å². The van der Waals surface area contributed by atoms with Crippen molar-refractivity contribution in [3.05, 3.63) is 64.7 Å². The van der Waals surface area contributed by atoms with Gasteiger partial charge in [-0.25, -0.2) is 0 Å². The maximum Gasteiger partial charge on any atom is 0.246 e. The number of hydrogen-bond acceptors (Lipinski definition) is 4. The zero-order valence-electron chi connectivity index (χ0n) is 17.8. The second-order valence-corrected chi connectivity index (χ2v) is 7.78. The maximum atomic E-state index is 12.6. The fourth-order valence-electron chi connectivity index (χ4n) is 3.60. The Morgan fingerprint density at radius 3 is 2.48 bits per heavy atom. The summed E-state index contributed by atoms with van der Waals surface area (Å²) >= 11 is 6.22. The Kier molecular flexibility index (Phi) is 7.95. The predicted molar refractivity (Wildman–Crippen MR) is 121 cm³/mol. The first kappa shape index (κ1) is 22.7. The summed E-state index contributed by atoms with van der Waals surface area (Å²) in [6.07, 6.45) is 4.53. The van der Waals surface area contributed by atoms with Crippen molar-refractivity contribution in [3.63, 3.8) is 0 Å². The first-order chi connectivity index (χ1) is 15.0. The van der Waals surface area contributed by atoms with Gasteiger partial charge in [0.2, 0.25) is 11.8 Å². The Bertz CT molecular complexity index is 938. The number of rotatable bonds is 7. The first-order valence-electron chi connectivity index (χ1n) is 10.2. The molecule has 1 fully saturated rings. The molecule has 3 rings (SSSR count). The lowest BCUT2D eigenvalue weighted by Crippen LogP contribution is -2.42. The van der Waals surface area contributed by atoms with Gasteiger partial charge >= 0.3 is 0 Å². The molecule has 0 aliphatic carbocycles. The van der Waals surface area contributed by atoms with E-state index >= 15 is 0 Å². The number of piperidine rings is 1. The van der Waals surface area contributed by atoms with Gasteiger partial charge in [0, 0.05) is 31.6 Å². The van der Waals surface area contributed by atoms with E-state index in [0.29, 0.717) is 49.0 Å². The fourth-order valence-corrected chi connectivity index (χ4v) is 3.89.